The van der Waals surface area contributed by atoms with Crippen LogP contribution in [0.2, 0.25) is 0 Å². The van der Waals surface area contributed by atoms with E-state index in [2.05, 4.69) is 15.3 Å². The second-order valence-corrected chi connectivity index (χ2v) is 5.26. The molecule has 0 fully saturated rings. The highest BCUT2D eigenvalue weighted by Crippen LogP contribution is 2.32. The number of aliphatic imine (C=N–C) groups is 1. The van der Waals surface area contributed by atoms with E-state index < -0.39 is 11.6 Å². The third-order valence-corrected chi connectivity index (χ3v) is 3.77. The van der Waals surface area contributed by atoms with E-state index in [0.29, 0.717) is 28.0 Å². The number of H-pyrrole nitrogens is 1. The molecule has 23 heavy (non-hydrogen) atoms. The number of aromatic amines is 1. The molecule has 4 nitrogen and oxygen atoms in total. The van der Waals surface area contributed by atoms with E-state index in [9.17, 15) is 13.6 Å². The lowest BCUT2D eigenvalue weighted by molar-refractivity contribution is -0.114. The van der Waals surface area contributed by atoms with E-state index in [1.807, 2.05) is 0 Å². The summed E-state index contributed by atoms with van der Waals surface area (Å²) < 4.78 is 27.7. The molecule has 0 bridgehead atoms. The SMILES string of the molecule is O=C1CN=C(c2ccccc2F)c2[nH]c3ccc(F)cc3c2N1. The van der Waals surface area contributed by atoms with E-state index in [1.165, 1.54) is 18.2 Å². The fraction of sp³-hybridized carbons (Fsp3) is 0.0588. The number of hydrogen-bond acceptors (Lipinski definition) is 2. The predicted molar refractivity (Wildman–Crippen MR) is 83.8 cm³/mol. The molecule has 1 aromatic heterocycles. The van der Waals surface area contributed by atoms with Crippen LogP contribution >= 0.6 is 0 Å². The number of rotatable bonds is 1. The number of carbonyl (C=O) groups is 1. The summed E-state index contributed by atoms with van der Waals surface area (Å²) in [4.78, 5) is 19.2. The van der Waals surface area contributed by atoms with Crippen molar-refractivity contribution in [2.24, 2.45) is 4.99 Å². The van der Waals surface area contributed by atoms with Crippen molar-refractivity contribution >= 4 is 28.2 Å². The highest BCUT2D eigenvalue weighted by molar-refractivity contribution is 6.22. The Morgan fingerprint density at radius 3 is 2.74 bits per heavy atom. The summed E-state index contributed by atoms with van der Waals surface area (Å²) in [5.41, 5.74) is 2.17. The minimum absolute atomic E-state index is 0.122. The molecule has 2 aromatic carbocycles. The van der Waals surface area contributed by atoms with Gasteiger partial charge in [0.05, 0.1) is 17.1 Å². The summed E-state index contributed by atoms with van der Waals surface area (Å²) in [5, 5.41) is 3.25. The van der Waals surface area contributed by atoms with Gasteiger partial charge >= 0.3 is 0 Å². The van der Waals surface area contributed by atoms with Gasteiger partial charge in [0, 0.05) is 16.5 Å². The van der Waals surface area contributed by atoms with E-state index in [-0.39, 0.29) is 18.0 Å². The third-order valence-electron chi connectivity index (χ3n) is 3.77. The second-order valence-electron chi connectivity index (χ2n) is 5.26. The van der Waals surface area contributed by atoms with Gasteiger partial charge < -0.3 is 10.3 Å². The van der Waals surface area contributed by atoms with Crippen molar-refractivity contribution in [3.63, 3.8) is 0 Å². The van der Waals surface area contributed by atoms with Crippen LogP contribution in [0, 0.1) is 11.6 Å². The molecular formula is C17H11F2N3O. The molecule has 2 heterocycles. The number of carbonyl (C=O) groups excluding carboxylic acids is 1. The molecule has 2 N–H and O–H groups in total. The van der Waals surface area contributed by atoms with Crippen LogP contribution < -0.4 is 5.32 Å². The van der Waals surface area contributed by atoms with Gasteiger partial charge in [-0.25, -0.2) is 8.78 Å². The summed E-state index contributed by atoms with van der Waals surface area (Å²) in [5.74, 6) is -1.18. The zero-order valence-electron chi connectivity index (χ0n) is 11.9. The number of benzene rings is 2. The van der Waals surface area contributed by atoms with Crippen molar-refractivity contribution < 1.29 is 13.6 Å². The van der Waals surface area contributed by atoms with Crippen molar-refractivity contribution in [3.8, 4) is 0 Å². The Kier molecular flexibility index (Phi) is 2.97. The van der Waals surface area contributed by atoms with Gasteiger partial charge in [-0.3, -0.25) is 9.79 Å². The van der Waals surface area contributed by atoms with Crippen LogP contribution in [0.25, 0.3) is 10.9 Å². The Morgan fingerprint density at radius 2 is 1.91 bits per heavy atom. The van der Waals surface area contributed by atoms with Crippen molar-refractivity contribution in [1.29, 1.82) is 0 Å². The van der Waals surface area contributed by atoms with Gasteiger partial charge in [-0.1, -0.05) is 12.1 Å². The monoisotopic (exact) mass is 311 g/mol. The number of halogens is 2. The first kappa shape index (κ1) is 13.6. The Labute approximate surface area is 129 Å². The number of aromatic nitrogens is 1. The van der Waals surface area contributed by atoms with Crippen molar-refractivity contribution in [1.82, 2.24) is 4.98 Å². The normalized spacial score (nSPS) is 14.2. The minimum Gasteiger partial charge on any atom is -0.351 e. The van der Waals surface area contributed by atoms with Gasteiger partial charge in [0.1, 0.15) is 18.2 Å². The van der Waals surface area contributed by atoms with Gasteiger partial charge in [0.2, 0.25) is 5.91 Å². The smallest absolute Gasteiger partial charge is 0.246 e. The molecule has 0 saturated heterocycles. The molecule has 0 saturated carbocycles. The van der Waals surface area contributed by atoms with Gasteiger partial charge in [0.25, 0.3) is 0 Å². The summed E-state index contributed by atoms with van der Waals surface area (Å²) in [7, 11) is 0. The highest BCUT2D eigenvalue weighted by atomic mass is 19.1. The Balaban J connectivity index is 2.02. The fourth-order valence-corrected chi connectivity index (χ4v) is 2.75. The quantitative estimate of drug-likeness (QED) is 0.712. The zero-order chi connectivity index (χ0) is 16.0. The van der Waals surface area contributed by atoms with Gasteiger partial charge in [-0.15, -0.1) is 0 Å². The molecule has 6 heteroatoms. The number of nitrogens with zero attached hydrogens (tertiary/aromatic N) is 1. The molecule has 0 radical (unpaired) electrons. The lowest BCUT2D eigenvalue weighted by Gasteiger charge is -2.06. The third kappa shape index (κ3) is 2.19. The molecule has 1 aliphatic rings. The average molecular weight is 311 g/mol. The molecule has 1 amide bonds. The topological polar surface area (TPSA) is 57.2 Å². The lowest BCUT2D eigenvalue weighted by atomic mass is 10.1. The maximum absolute atomic E-state index is 14.2. The molecule has 3 aromatic rings. The molecule has 1 aliphatic heterocycles. The van der Waals surface area contributed by atoms with Crippen LogP contribution in [-0.4, -0.2) is 23.1 Å². The maximum atomic E-state index is 14.2. The van der Waals surface area contributed by atoms with Crippen LogP contribution in [0.3, 0.4) is 0 Å². The minimum atomic E-state index is -0.434. The summed E-state index contributed by atoms with van der Waals surface area (Å²) >= 11 is 0. The van der Waals surface area contributed by atoms with Crippen molar-refractivity contribution in [2.75, 3.05) is 11.9 Å². The average Bonchev–Trinajstić information content (AvgIpc) is 2.78. The highest BCUT2D eigenvalue weighted by Gasteiger charge is 2.24. The van der Waals surface area contributed by atoms with Crippen molar-refractivity contribution in [3.05, 3.63) is 65.4 Å². The number of nitrogens with one attached hydrogen (secondary N) is 2. The standard InChI is InChI=1S/C17H11F2N3O/c18-9-5-6-13-11(7-9)16-17(21-13)15(20-8-14(23)22-16)10-3-1-2-4-12(10)19/h1-7,21H,8H2,(H,22,23). The molecule has 0 aliphatic carbocycles. The van der Waals surface area contributed by atoms with E-state index in [0.717, 1.165) is 0 Å². The summed E-state index contributed by atoms with van der Waals surface area (Å²) in [6, 6.07) is 10.4. The number of amides is 1. The number of anilines is 1. The molecule has 0 unspecified atom stereocenters. The zero-order valence-corrected chi connectivity index (χ0v) is 11.9. The van der Waals surface area contributed by atoms with Crippen LogP contribution in [-0.2, 0) is 4.79 Å². The summed E-state index contributed by atoms with van der Waals surface area (Å²) in [6.45, 7) is -0.122. The Morgan fingerprint density at radius 1 is 1.09 bits per heavy atom. The predicted octanol–water partition coefficient (Wildman–Crippen LogP) is 3.24. The van der Waals surface area contributed by atoms with Gasteiger partial charge in [0.15, 0.2) is 0 Å². The first-order valence-electron chi connectivity index (χ1n) is 7.04. The summed E-state index contributed by atoms with van der Waals surface area (Å²) in [6.07, 6.45) is 0. The van der Waals surface area contributed by atoms with Crippen LogP contribution in [0.5, 0.6) is 0 Å². The molecule has 114 valence electrons. The molecule has 0 atom stereocenters. The lowest BCUT2D eigenvalue weighted by Crippen LogP contribution is -2.13. The maximum Gasteiger partial charge on any atom is 0.246 e. The molecule has 0 spiro atoms. The first-order chi connectivity index (χ1) is 11.1. The molecular weight excluding hydrogens is 300 g/mol. The Hall–Kier alpha value is -3.02. The van der Waals surface area contributed by atoms with Crippen LogP contribution in [0.4, 0.5) is 14.5 Å². The van der Waals surface area contributed by atoms with Gasteiger partial charge in [-0.05, 0) is 30.3 Å². The first-order valence-corrected chi connectivity index (χ1v) is 7.04. The fourth-order valence-electron chi connectivity index (χ4n) is 2.75. The molecule has 4 rings (SSSR count). The van der Waals surface area contributed by atoms with E-state index >= 15 is 0 Å². The Bertz CT molecular complexity index is 975. The van der Waals surface area contributed by atoms with Crippen LogP contribution in [0.15, 0.2) is 47.5 Å². The van der Waals surface area contributed by atoms with Crippen LogP contribution in [0.1, 0.15) is 11.3 Å². The van der Waals surface area contributed by atoms with Gasteiger partial charge in [-0.2, -0.15) is 0 Å². The largest absolute Gasteiger partial charge is 0.351 e. The van der Waals surface area contributed by atoms with E-state index in [4.69, 9.17) is 0 Å². The number of fused-ring (bicyclic) bond motifs is 3. The van der Waals surface area contributed by atoms with E-state index in [1.54, 1.807) is 24.3 Å². The second kappa shape index (κ2) is 5.01. The van der Waals surface area contributed by atoms with Crippen molar-refractivity contribution in [2.45, 2.75) is 0 Å². The number of hydrogen-bond donors (Lipinski definition) is 2.